The molecule has 2 unspecified atom stereocenters. The van der Waals surface area contributed by atoms with E-state index in [1.54, 1.807) is 14.2 Å². The van der Waals surface area contributed by atoms with E-state index in [0.717, 1.165) is 6.07 Å². The fourth-order valence-electron chi connectivity index (χ4n) is 3.24. The Morgan fingerprint density at radius 2 is 1.71 bits per heavy atom. The molecule has 0 N–H and O–H groups in total. The molecule has 166 valence electrons. The van der Waals surface area contributed by atoms with Crippen LogP contribution in [0, 0.1) is 17.2 Å². The molecule has 1 aliphatic rings. The smallest absolute Gasteiger partial charge is 0.263 e. The summed E-state index contributed by atoms with van der Waals surface area (Å²) in [6.45, 7) is 4.00. The Morgan fingerprint density at radius 1 is 1.10 bits per heavy atom. The largest absolute Gasteiger partial charge is 0.388 e. The Balaban J connectivity index is 0.000000884. The maximum absolute atomic E-state index is 13.1. The molecular formula is C23H26F2N2O4. The van der Waals surface area contributed by atoms with Crippen LogP contribution in [0.3, 0.4) is 0 Å². The molecule has 31 heavy (non-hydrogen) atoms. The number of carbonyl (C=O) groups is 2. The lowest BCUT2D eigenvalue weighted by Gasteiger charge is -2.29. The van der Waals surface area contributed by atoms with Crippen molar-refractivity contribution in [2.75, 3.05) is 21.3 Å². The van der Waals surface area contributed by atoms with Gasteiger partial charge in [0.25, 0.3) is 6.43 Å². The summed E-state index contributed by atoms with van der Waals surface area (Å²) < 4.78 is 35.9. The molecule has 0 amide bonds. The highest BCUT2D eigenvalue weighted by atomic mass is 19.3. The van der Waals surface area contributed by atoms with Crippen molar-refractivity contribution in [2.45, 2.75) is 32.8 Å². The van der Waals surface area contributed by atoms with Gasteiger partial charge in [-0.1, -0.05) is 13.8 Å². The first-order valence-corrected chi connectivity index (χ1v) is 9.65. The third-order valence-electron chi connectivity index (χ3n) is 4.44. The SMILES string of the molecule is CC.COC.COC(c1cc(C#N)cc(C(F)F)c1)C1CC(=O)c2cnccc2C1=O. The highest BCUT2D eigenvalue weighted by molar-refractivity contribution is 6.14. The number of aromatic nitrogens is 1. The van der Waals surface area contributed by atoms with Gasteiger partial charge in [0.1, 0.15) is 0 Å². The van der Waals surface area contributed by atoms with Crippen molar-refractivity contribution in [3.05, 3.63) is 64.5 Å². The normalized spacial score (nSPS) is 15.6. The van der Waals surface area contributed by atoms with E-state index in [0.29, 0.717) is 0 Å². The zero-order valence-corrected chi connectivity index (χ0v) is 18.2. The fourth-order valence-corrected chi connectivity index (χ4v) is 3.24. The average Bonchev–Trinajstić information content (AvgIpc) is 2.79. The number of fused-ring (bicyclic) bond motifs is 1. The van der Waals surface area contributed by atoms with Crippen LogP contribution in [0.2, 0.25) is 0 Å². The lowest BCUT2D eigenvalue weighted by molar-refractivity contribution is 0.0371. The number of rotatable bonds is 4. The van der Waals surface area contributed by atoms with Crippen molar-refractivity contribution < 1.29 is 27.8 Å². The average molecular weight is 432 g/mol. The number of nitriles is 1. The summed E-state index contributed by atoms with van der Waals surface area (Å²) in [5.74, 6) is -1.43. The Labute approximate surface area is 180 Å². The van der Waals surface area contributed by atoms with Crippen LogP contribution >= 0.6 is 0 Å². The molecule has 2 atom stereocenters. The van der Waals surface area contributed by atoms with Crippen LogP contribution in [0.15, 0.2) is 36.7 Å². The minimum Gasteiger partial charge on any atom is -0.388 e. The lowest BCUT2D eigenvalue weighted by Crippen LogP contribution is -2.32. The predicted octanol–water partition coefficient (Wildman–Crippen LogP) is 4.95. The number of hydrogen-bond donors (Lipinski definition) is 0. The molecule has 6 nitrogen and oxygen atoms in total. The van der Waals surface area contributed by atoms with Crippen LogP contribution < -0.4 is 0 Å². The number of Topliss-reactive ketones (excluding diaryl/α,β-unsaturated/α-hetero) is 2. The molecule has 0 saturated heterocycles. The van der Waals surface area contributed by atoms with Crippen LogP contribution in [0.4, 0.5) is 8.78 Å². The minimum absolute atomic E-state index is 0.0408. The third-order valence-corrected chi connectivity index (χ3v) is 4.44. The first kappa shape index (κ1) is 26.0. The summed E-state index contributed by atoms with van der Waals surface area (Å²) in [5.41, 5.74) is 0.473. The second-order valence-electron chi connectivity index (χ2n) is 6.38. The van der Waals surface area contributed by atoms with Crippen molar-refractivity contribution in [3.8, 4) is 6.07 Å². The summed E-state index contributed by atoms with van der Waals surface area (Å²) >= 11 is 0. The number of hydrogen-bond acceptors (Lipinski definition) is 6. The first-order chi connectivity index (χ1) is 14.9. The summed E-state index contributed by atoms with van der Waals surface area (Å²) in [7, 11) is 4.59. The summed E-state index contributed by atoms with van der Waals surface area (Å²) in [4.78, 5) is 29.1. The monoisotopic (exact) mass is 432 g/mol. The highest BCUT2D eigenvalue weighted by Crippen LogP contribution is 2.37. The molecule has 0 saturated carbocycles. The van der Waals surface area contributed by atoms with E-state index in [9.17, 15) is 18.4 Å². The molecular weight excluding hydrogens is 406 g/mol. The summed E-state index contributed by atoms with van der Waals surface area (Å²) in [6.07, 6.45) is -1.04. The minimum atomic E-state index is -2.77. The van der Waals surface area contributed by atoms with Crippen LogP contribution in [0.25, 0.3) is 0 Å². The standard InChI is InChI=1S/C19H14F2N2O3.C2H6O.C2H6/c1-26-18(11-4-10(8-22)5-12(6-11)19(20)21)14-7-16(24)15-9-23-3-2-13(15)17(14)25;1-3-2;1-2/h2-6,9,14,18-19H,7H2,1H3;1-2H3;1-2H3. The van der Waals surface area contributed by atoms with Crippen LogP contribution in [-0.4, -0.2) is 37.9 Å². The highest BCUT2D eigenvalue weighted by Gasteiger charge is 2.38. The Kier molecular flexibility index (Phi) is 10.6. The van der Waals surface area contributed by atoms with E-state index in [1.165, 1.54) is 37.7 Å². The molecule has 1 aromatic heterocycles. The fraction of sp³-hybridized carbons (Fsp3) is 0.391. The van der Waals surface area contributed by atoms with E-state index >= 15 is 0 Å². The molecule has 1 aromatic carbocycles. The number of methoxy groups -OCH3 is 2. The van der Waals surface area contributed by atoms with Gasteiger partial charge < -0.3 is 9.47 Å². The molecule has 0 bridgehead atoms. The van der Waals surface area contributed by atoms with Gasteiger partial charge in [-0.05, 0) is 29.8 Å². The van der Waals surface area contributed by atoms with Crippen molar-refractivity contribution in [1.82, 2.24) is 4.98 Å². The predicted molar refractivity (Wildman–Crippen MR) is 111 cm³/mol. The molecule has 2 aromatic rings. The number of ketones is 2. The Morgan fingerprint density at radius 3 is 2.26 bits per heavy atom. The van der Waals surface area contributed by atoms with E-state index in [4.69, 9.17) is 10.00 Å². The second kappa shape index (κ2) is 12.6. The molecule has 0 radical (unpaired) electrons. The zero-order valence-electron chi connectivity index (χ0n) is 18.2. The summed E-state index contributed by atoms with van der Waals surface area (Å²) in [6, 6.07) is 7.00. The van der Waals surface area contributed by atoms with Gasteiger partial charge in [-0.15, -0.1) is 0 Å². The maximum atomic E-state index is 13.1. The number of nitrogens with zero attached hydrogens (tertiary/aromatic N) is 2. The molecule has 1 heterocycles. The third kappa shape index (κ3) is 6.23. The molecule has 0 fully saturated rings. The molecule has 0 aliphatic heterocycles. The quantitative estimate of drug-likeness (QED) is 0.679. The van der Waals surface area contributed by atoms with Crippen molar-refractivity contribution in [1.29, 1.82) is 5.26 Å². The number of ether oxygens (including phenoxy) is 2. The van der Waals surface area contributed by atoms with E-state index in [1.807, 2.05) is 19.9 Å². The topological polar surface area (TPSA) is 89.3 Å². The molecule has 1 aliphatic carbocycles. The van der Waals surface area contributed by atoms with Gasteiger partial charge in [-0.3, -0.25) is 14.6 Å². The van der Waals surface area contributed by atoms with Crippen molar-refractivity contribution >= 4 is 11.6 Å². The van der Waals surface area contributed by atoms with E-state index in [2.05, 4.69) is 9.72 Å². The number of benzene rings is 1. The van der Waals surface area contributed by atoms with Crippen LogP contribution in [0.1, 0.15) is 70.2 Å². The van der Waals surface area contributed by atoms with Gasteiger partial charge in [0.2, 0.25) is 0 Å². The van der Waals surface area contributed by atoms with Gasteiger partial charge >= 0.3 is 0 Å². The number of halogens is 2. The van der Waals surface area contributed by atoms with Gasteiger partial charge in [0.15, 0.2) is 11.6 Å². The van der Waals surface area contributed by atoms with Crippen molar-refractivity contribution in [3.63, 3.8) is 0 Å². The Bertz CT molecular complexity index is 941. The maximum Gasteiger partial charge on any atom is 0.263 e. The van der Waals surface area contributed by atoms with E-state index < -0.39 is 18.4 Å². The number of carbonyl (C=O) groups excluding carboxylic acids is 2. The van der Waals surface area contributed by atoms with Crippen LogP contribution in [0.5, 0.6) is 0 Å². The molecule has 0 spiro atoms. The van der Waals surface area contributed by atoms with Gasteiger partial charge in [0, 0.05) is 56.8 Å². The number of alkyl halides is 2. The molecule has 8 heteroatoms. The van der Waals surface area contributed by atoms with Gasteiger partial charge in [0.05, 0.1) is 23.7 Å². The lowest BCUT2D eigenvalue weighted by atomic mass is 9.77. The zero-order chi connectivity index (χ0) is 23.6. The van der Waals surface area contributed by atoms with E-state index in [-0.39, 0.29) is 45.8 Å². The Hall–Kier alpha value is -3.02. The number of pyridine rings is 1. The first-order valence-electron chi connectivity index (χ1n) is 9.65. The second-order valence-corrected chi connectivity index (χ2v) is 6.38. The molecule has 3 rings (SSSR count). The van der Waals surface area contributed by atoms with Crippen LogP contribution in [-0.2, 0) is 9.47 Å². The summed E-state index contributed by atoms with van der Waals surface area (Å²) in [5, 5.41) is 9.09. The van der Waals surface area contributed by atoms with Crippen molar-refractivity contribution in [2.24, 2.45) is 5.92 Å². The van der Waals surface area contributed by atoms with Gasteiger partial charge in [-0.25, -0.2) is 8.78 Å². The van der Waals surface area contributed by atoms with Gasteiger partial charge in [-0.2, -0.15) is 5.26 Å².